The lowest BCUT2D eigenvalue weighted by molar-refractivity contribution is 0.0697. The summed E-state index contributed by atoms with van der Waals surface area (Å²) in [6.07, 6.45) is 1.73. The Bertz CT molecular complexity index is 1270. The number of hydrogen-bond acceptors (Lipinski definition) is 5. The SMILES string of the molecule is CNc1ncc2c(-c3cccc(Cl)c3)c(-c3cccc(C(=O)O)c3)cc(OC)c2n1. The zero-order chi connectivity index (χ0) is 21.3. The van der Waals surface area contributed by atoms with Crippen molar-refractivity contribution in [2.75, 3.05) is 19.5 Å². The minimum atomic E-state index is -0.990. The van der Waals surface area contributed by atoms with E-state index < -0.39 is 5.97 Å². The van der Waals surface area contributed by atoms with E-state index in [2.05, 4.69) is 15.3 Å². The molecule has 0 fully saturated rings. The van der Waals surface area contributed by atoms with Crippen LogP contribution in [0, 0.1) is 0 Å². The highest BCUT2D eigenvalue weighted by Crippen LogP contribution is 2.42. The Hall–Kier alpha value is -3.64. The van der Waals surface area contributed by atoms with Crippen LogP contribution < -0.4 is 10.1 Å². The molecule has 30 heavy (non-hydrogen) atoms. The molecule has 150 valence electrons. The topological polar surface area (TPSA) is 84.3 Å². The summed E-state index contributed by atoms with van der Waals surface area (Å²) in [5.41, 5.74) is 4.09. The zero-order valence-electron chi connectivity index (χ0n) is 16.3. The summed E-state index contributed by atoms with van der Waals surface area (Å²) >= 11 is 6.27. The molecule has 0 aliphatic heterocycles. The lowest BCUT2D eigenvalue weighted by Crippen LogP contribution is -2.00. The zero-order valence-corrected chi connectivity index (χ0v) is 17.1. The maximum atomic E-state index is 11.5. The summed E-state index contributed by atoms with van der Waals surface area (Å²) in [6.45, 7) is 0. The highest BCUT2D eigenvalue weighted by molar-refractivity contribution is 6.31. The fourth-order valence-corrected chi connectivity index (χ4v) is 3.64. The number of hydrogen-bond donors (Lipinski definition) is 2. The number of carboxylic acids is 1. The van der Waals surface area contributed by atoms with Gasteiger partial charge >= 0.3 is 5.97 Å². The van der Waals surface area contributed by atoms with Crippen LogP contribution in [-0.4, -0.2) is 35.2 Å². The fraction of sp³-hybridized carbons (Fsp3) is 0.0870. The molecule has 2 N–H and O–H groups in total. The van der Waals surface area contributed by atoms with Crippen LogP contribution in [0.15, 0.2) is 60.8 Å². The molecule has 0 radical (unpaired) electrons. The van der Waals surface area contributed by atoms with Crippen molar-refractivity contribution in [3.8, 4) is 28.0 Å². The van der Waals surface area contributed by atoms with Crippen LogP contribution in [-0.2, 0) is 0 Å². The molecule has 0 bridgehead atoms. The Balaban J connectivity index is 2.12. The van der Waals surface area contributed by atoms with Crippen molar-refractivity contribution in [3.05, 3.63) is 71.4 Å². The quantitative estimate of drug-likeness (QED) is 0.452. The van der Waals surface area contributed by atoms with E-state index in [1.807, 2.05) is 30.3 Å². The second-order valence-corrected chi connectivity index (χ2v) is 7.04. The van der Waals surface area contributed by atoms with Crippen molar-refractivity contribution in [2.24, 2.45) is 0 Å². The number of benzene rings is 3. The first kappa shape index (κ1) is 19.7. The van der Waals surface area contributed by atoms with E-state index in [9.17, 15) is 9.90 Å². The average molecular weight is 420 g/mol. The number of halogens is 1. The van der Waals surface area contributed by atoms with Gasteiger partial charge in [0.1, 0.15) is 11.3 Å². The second kappa shape index (κ2) is 8.00. The molecular formula is C23H18ClN3O3. The third kappa shape index (κ3) is 3.53. The van der Waals surface area contributed by atoms with Gasteiger partial charge in [-0.2, -0.15) is 0 Å². The third-order valence-electron chi connectivity index (χ3n) is 4.81. The van der Waals surface area contributed by atoms with Gasteiger partial charge in [0.15, 0.2) is 0 Å². The largest absolute Gasteiger partial charge is 0.494 e. The number of rotatable bonds is 5. The van der Waals surface area contributed by atoms with E-state index >= 15 is 0 Å². The lowest BCUT2D eigenvalue weighted by atomic mass is 9.90. The van der Waals surface area contributed by atoms with Gasteiger partial charge in [0, 0.05) is 29.2 Å². The van der Waals surface area contributed by atoms with Gasteiger partial charge in [0.2, 0.25) is 5.95 Å². The van der Waals surface area contributed by atoms with Crippen molar-refractivity contribution in [1.29, 1.82) is 0 Å². The molecular weight excluding hydrogens is 402 g/mol. The first-order valence-electron chi connectivity index (χ1n) is 9.17. The number of nitrogens with one attached hydrogen (secondary N) is 1. The van der Waals surface area contributed by atoms with Gasteiger partial charge in [0.25, 0.3) is 0 Å². The first-order valence-corrected chi connectivity index (χ1v) is 9.54. The van der Waals surface area contributed by atoms with Crippen LogP contribution in [0.2, 0.25) is 5.02 Å². The molecule has 0 spiro atoms. The molecule has 0 amide bonds. The van der Waals surface area contributed by atoms with Crippen LogP contribution in [0.4, 0.5) is 5.95 Å². The fourth-order valence-electron chi connectivity index (χ4n) is 3.45. The van der Waals surface area contributed by atoms with Gasteiger partial charge in [-0.25, -0.2) is 14.8 Å². The Kier molecular flexibility index (Phi) is 5.25. The number of fused-ring (bicyclic) bond motifs is 1. The summed E-state index contributed by atoms with van der Waals surface area (Å²) in [7, 11) is 3.32. The minimum absolute atomic E-state index is 0.199. The summed E-state index contributed by atoms with van der Waals surface area (Å²) in [5.74, 6) is 0.0415. The van der Waals surface area contributed by atoms with E-state index in [4.69, 9.17) is 16.3 Å². The number of ether oxygens (including phenoxy) is 1. The highest BCUT2D eigenvalue weighted by Gasteiger charge is 2.19. The van der Waals surface area contributed by atoms with E-state index in [0.717, 1.165) is 27.6 Å². The molecule has 1 aromatic heterocycles. The molecule has 7 heteroatoms. The number of carboxylic acid groups (broad SMARTS) is 1. The summed E-state index contributed by atoms with van der Waals surface area (Å²) in [4.78, 5) is 20.5. The molecule has 0 aliphatic rings. The average Bonchev–Trinajstić information content (AvgIpc) is 2.77. The normalized spacial score (nSPS) is 10.8. The number of aromatic nitrogens is 2. The van der Waals surface area contributed by atoms with Gasteiger partial charge in [-0.1, -0.05) is 35.9 Å². The van der Waals surface area contributed by atoms with Crippen molar-refractivity contribution in [2.45, 2.75) is 0 Å². The van der Waals surface area contributed by atoms with Gasteiger partial charge < -0.3 is 15.2 Å². The predicted octanol–water partition coefficient (Wildman–Crippen LogP) is 5.37. The molecule has 0 atom stereocenters. The number of nitrogens with zero attached hydrogens (tertiary/aromatic N) is 2. The molecule has 6 nitrogen and oxygen atoms in total. The predicted molar refractivity (Wildman–Crippen MR) is 118 cm³/mol. The molecule has 4 rings (SSSR count). The van der Waals surface area contributed by atoms with E-state index in [-0.39, 0.29) is 5.56 Å². The van der Waals surface area contributed by atoms with Crippen LogP contribution in [0.5, 0.6) is 5.75 Å². The summed E-state index contributed by atoms with van der Waals surface area (Å²) < 4.78 is 5.62. The number of methoxy groups -OCH3 is 1. The Morgan fingerprint density at radius 1 is 1.10 bits per heavy atom. The molecule has 0 saturated carbocycles. The van der Waals surface area contributed by atoms with E-state index in [1.165, 1.54) is 0 Å². The van der Waals surface area contributed by atoms with Gasteiger partial charge in [-0.15, -0.1) is 0 Å². The number of anilines is 1. The van der Waals surface area contributed by atoms with Gasteiger partial charge in [-0.05, 0) is 47.0 Å². The maximum absolute atomic E-state index is 11.5. The summed E-state index contributed by atoms with van der Waals surface area (Å²) in [6, 6.07) is 16.1. The van der Waals surface area contributed by atoms with E-state index in [1.54, 1.807) is 44.6 Å². The Labute approximate surface area is 178 Å². The first-order chi connectivity index (χ1) is 14.5. The van der Waals surface area contributed by atoms with Crippen molar-refractivity contribution < 1.29 is 14.6 Å². The molecule has 4 aromatic rings. The van der Waals surface area contributed by atoms with Gasteiger partial charge in [-0.3, -0.25) is 0 Å². The van der Waals surface area contributed by atoms with Crippen molar-refractivity contribution in [1.82, 2.24) is 9.97 Å². The van der Waals surface area contributed by atoms with Crippen LogP contribution in [0.25, 0.3) is 33.2 Å². The second-order valence-electron chi connectivity index (χ2n) is 6.60. The standard InChI is InChI=1S/C23H18ClN3O3/c1-25-23-26-12-18-20(14-6-4-8-16(24)10-14)17(11-19(30-2)21(18)27-23)13-5-3-7-15(9-13)22(28)29/h3-12H,1-2H3,(H,28,29)(H,25,26,27). The molecule has 0 saturated heterocycles. The molecule has 3 aromatic carbocycles. The van der Waals surface area contributed by atoms with Crippen LogP contribution in [0.3, 0.4) is 0 Å². The van der Waals surface area contributed by atoms with Crippen LogP contribution >= 0.6 is 11.6 Å². The molecule has 0 unspecified atom stereocenters. The minimum Gasteiger partial charge on any atom is -0.494 e. The van der Waals surface area contributed by atoms with Crippen LogP contribution in [0.1, 0.15) is 10.4 Å². The lowest BCUT2D eigenvalue weighted by Gasteiger charge is -2.17. The third-order valence-corrected chi connectivity index (χ3v) is 5.05. The molecule has 0 aliphatic carbocycles. The molecule has 1 heterocycles. The highest BCUT2D eigenvalue weighted by atomic mass is 35.5. The maximum Gasteiger partial charge on any atom is 0.335 e. The summed E-state index contributed by atoms with van der Waals surface area (Å²) in [5, 5.41) is 13.7. The monoisotopic (exact) mass is 419 g/mol. The Morgan fingerprint density at radius 3 is 2.57 bits per heavy atom. The van der Waals surface area contributed by atoms with E-state index in [0.29, 0.717) is 22.2 Å². The van der Waals surface area contributed by atoms with Crippen molar-refractivity contribution in [3.63, 3.8) is 0 Å². The number of aromatic carboxylic acids is 1. The Morgan fingerprint density at radius 2 is 1.87 bits per heavy atom. The van der Waals surface area contributed by atoms with Gasteiger partial charge in [0.05, 0.1) is 12.7 Å². The van der Waals surface area contributed by atoms with Crippen molar-refractivity contribution >= 4 is 34.4 Å². The number of carbonyl (C=O) groups is 1. The smallest absolute Gasteiger partial charge is 0.335 e.